The van der Waals surface area contributed by atoms with Gasteiger partial charge in [0.1, 0.15) is 6.17 Å². The van der Waals surface area contributed by atoms with Gasteiger partial charge in [-0.05, 0) is 56.0 Å². The lowest BCUT2D eigenvalue weighted by molar-refractivity contribution is 0.186. The maximum absolute atomic E-state index is 9.64. The molecule has 0 spiro atoms. The fraction of sp³-hybridized carbons (Fsp3) is 0.462. The van der Waals surface area contributed by atoms with E-state index in [0.717, 1.165) is 0 Å². The van der Waals surface area contributed by atoms with Crippen molar-refractivity contribution < 1.29 is 1.37 Å². The molecular formula is C26H32N2. The minimum Gasteiger partial charge on any atom is -0.348 e. The molecule has 3 aliphatic rings. The molecule has 0 aromatic heterocycles. The first kappa shape index (κ1) is 16.7. The molecule has 3 unspecified atom stereocenters. The van der Waals surface area contributed by atoms with Gasteiger partial charge in [0.05, 0.1) is 6.04 Å². The molecule has 0 amide bonds. The number of hydrogen-bond donors (Lipinski definition) is 0. The van der Waals surface area contributed by atoms with E-state index in [1.165, 1.54) is 48.9 Å². The summed E-state index contributed by atoms with van der Waals surface area (Å²) in [5, 5.41) is 0. The van der Waals surface area contributed by atoms with E-state index >= 15 is 0 Å². The average molecular weight is 374 g/mol. The highest BCUT2D eigenvalue weighted by Gasteiger charge is 2.51. The lowest BCUT2D eigenvalue weighted by atomic mass is 9.76. The Morgan fingerprint density at radius 2 is 1.64 bits per heavy atom. The van der Waals surface area contributed by atoms with Crippen LogP contribution in [-0.2, 0) is 0 Å². The second kappa shape index (κ2) is 7.31. The van der Waals surface area contributed by atoms with E-state index in [9.17, 15) is 1.37 Å². The minimum atomic E-state index is -0.496. The van der Waals surface area contributed by atoms with E-state index in [2.05, 4.69) is 90.5 Å². The van der Waals surface area contributed by atoms with E-state index in [0.29, 0.717) is 5.92 Å². The summed E-state index contributed by atoms with van der Waals surface area (Å²) in [5.41, 5.74) is 3.91. The third kappa shape index (κ3) is 2.85. The molecule has 2 heterocycles. The zero-order valence-corrected chi connectivity index (χ0v) is 17.1. The van der Waals surface area contributed by atoms with E-state index in [4.69, 9.17) is 0 Å². The van der Waals surface area contributed by atoms with Gasteiger partial charge in [0.25, 0.3) is 0 Å². The van der Waals surface area contributed by atoms with Gasteiger partial charge in [-0.2, -0.15) is 0 Å². The molecule has 2 fully saturated rings. The van der Waals surface area contributed by atoms with Crippen molar-refractivity contribution in [3.63, 3.8) is 0 Å². The molecule has 1 saturated heterocycles. The summed E-state index contributed by atoms with van der Waals surface area (Å²) in [4.78, 5) is 5.07. The van der Waals surface area contributed by atoms with Crippen molar-refractivity contribution in [1.82, 2.24) is 4.90 Å². The molecular weight excluding hydrogens is 340 g/mol. The minimum absolute atomic E-state index is 0.143. The smallest absolute Gasteiger partial charge is 0.128 e. The molecule has 1 saturated carbocycles. The standard InChI is InChI=1S/C26H32N2/c1-19-11-9-10-16-24(19)28-20(2)25-23(21-12-5-3-6-13-21)17-18-27(25)26(28)22-14-7-4-8-15-22/h4,7-11,14-18,20-21,23,25-26H,3,5-6,12-13H2,1-2H3/t20-,23?,25?,26?/m0/s1/i23D. The zero-order chi connectivity index (χ0) is 20.0. The first-order valence-electron chi connectivity index (χ1n) is 11.5. The van der Waals surface area contributed by atoms with Crippen molar-refractivity contribution >= 4 is 5.69 Å². The average Bonchev–Trinajstić information content (AvgIpc) is 3.26. The molecule has 5 rings (SSSR count). The molecule has 2 aliphatic heterocycles. The SMILES string of the molecule is [2H]C1(C2CCCCC2)C=CN2C(c3ccccc3)N(c3ccccc3C)[C@@H](C)C21. The van der Waals surface area contributed by atoms with E-state index in [1.807, 2.05) is 0 Å². The fourth-order valence-corrected chi connectivity index (χ4v) is 5.79. The quantitative estimate of drug-likeness (QED) is 0.623. The predicted octanol–water partition coefficient (Wildman–Crippen LogP) is 6.30. The van der Waals surface area contributed by atoms with Gasteiger partial charge in [0.2, 0.25) is 0 Å². The monoisotopic (exact) mass is 373 g/mol. The largest absolute Gasteiger partial charge is 0.348 e. The Kier molecular flexibility index (Phi) is 4.36. The molecule has 0 bridgehead atoms. The molecule has 0 radical (unpaired) electrons. The van der Waals surface area contributed by atoms with Crippen LogP contribution in [0, 0.1) is 18.7 Å². The molecule has 2 aromatic rings. The molecule has 28 heavy (non-hydrogen) atoms. The van der Waals surface area contributed by atoms with Crippen molar-refractivity contribution in [2.24, 2.45) is 11.8 Å². The highest BCUT2D eigenvalue weighted by molar-refractivity contribution is 5.58. The lowest BCUT2D eigenvalue weighted by Crippen LogP contribution is -2.40. The number of nitrogens with zero attached hydrogens (tertiary/aromatic N) is 2. The Hall–Kier alpha value is -2.22. The van der Waals surface area contributed by atoms with E-state index < -0.39 is 5.89 Å². The first-order chi connectivity index (χ1) is 14.1. The summed E-state index contributed by atoms with van der Waals surface area (Å²) in [5.74, 6) is -0.0252. The van der Waals surface area contributed by atoms with Gasteiger partial charge in [0, 0.05) is 19.0 Å². The molecule has 0 N–H and O–H groups in total. The predicted molar refractivity (Wildman–Crippen MR) is 117 cm³/mol. The van der Waals surface area contributed by atoms with Crippen molar-refractivity contribution in [3.8, 4) is 0 Å². The van der Waals surface area contributed by atoms with Gasteiger partial charge in [-0.25, -0.2) is 0 Å². The topological polar surface area (TPSA) is 6.48 Å². The van der Waals surface area contributed by atoms with Crippen LogP contribution in [0.2, 0.25) is 0 Å². The number of anilines is 1. The normalized spacial score (nSPS) is 33.2. The Labute approximate surface area is 171 Å². The Bertz CT molecular complexity index is 889. The van der Waals surface area contributed by atoms with Crippen LogP contribution in [0.15, 0.2) is 66.9 Å². The molecule has 146 valence electrons. The van der Waals surface area contributed by atoms with Crippen LogP contribution in [-0.4, -0.2) is 17.0 Å². The van der Waals surface area contributed by atoms with Gasteiger partial charge in [-0.3, -0.25) is 0 Å². The molecule has 2 heteroatoms. The Morgan fingerprint density at radius 1 is 0.929 bits per heavy atom. The molecule has 4 atom stereocenters. The van der Waals surface area contributed by atoms with Gasteiger partial charge in [0.15, 0.2) is 0 Å². The summed E-state index contributed by atoms with van der Waals surface area (Å²) in [6, 6.07) is 20.0. The highest BCUT2D eigenvalue weighted by atomic mass is 15.5. The zero-order valence-electron chi connectivity index (χ0n) is 18.1. The third-order valence-electron chi connectivity index (χ3n) is 7.11. The van der Waals surface area contributed by atoms with Crippen LogP contribution < -0.4 is 4.90 Å². The number of aryl methyl sites for hydroxylation is 1. The van der Waals surface area contributed by atoms with Crippen molar-refractivity contribution in [1.29, 1.82) is 0 Å². The number of fused-ring (bicyclic) bond motifs is 1. The van der Waals surface area contributed by atoms with Gasteiger partial charge in [-0.1, -0.05) is 73.9 Å². The molecule has 2 aromatic carbocycles. The van der Waals surface area contributed by atoms with Crippen LogP contribution in [0.25, 0.3) is 0 Å². The number of hydrogen-bond acceptors (Lipinski definition) is 2. The van der Waals surface area contributed by atoms with Crippen LogP contribution in [0.1, 0.15) is 57.7 Å². The van der Waals surface area contributed by atoms with Gasteiger partial charge >= 0.3 is 0 Å². The van der Waals surface area contributed by atoms with Crippen LogP contribution in [0.4, 0.5) is 5.69 Å². The van der Waals surface area contributed by atoms with Gasteiger partial charge in [-0.15, -0.1) is 0 Å². The summed E-state index contributed by atoms with van der Waals surface area (Å²) >= 11 is 0. The molecule has 2 nitrogen and oxygen atoms in total. The second-order valence-electron chi connectivity index (χ2n) is 8.76. The first-order valence-corrected chi connectivity index (χ1v) is 11.0. The summed E-state index contributed by atoms with van der Waals surface area (Å²) < 4.78 is 9.64. The number of para-hydroxylation sites is 1. The van der Waals surface area contributed by atoms with E-state index in [1.54, 1.807) is 0 Å². The fourth-order valence-electron chi connectivity index (χ4n) is 5.79. The second-order valence-corrected chi connectivity index (χ2v) is 8.76. The summed E-state index contributed by atoms with van der Waals surface area (Å²) in [6.07, 6.45) is 10.9. The van der Waals surface area contributed by atoms with Crippen LogP contribution in [0.5, 0.6) is 0 Å². The maximum atomic E-state index is 9.64. The van der Waals surface area contributed by atoms with Crippen molar-refractivity contribution in [3.05, 3.63) is 78.0 Å². The number of rotatable bonds is 3. The molecule has 1 aliphatic carbocycles. The Morgan fingerprint density at radius 3 is 2.39 bits per heavy atom. The van der Waals surface area contributed by atoms with Crippen LogP contribution >= 0.6 is 0 Å². The number of benzene rings is 2. The van der Waals surface area contributed by atoms with Crippen molar-refractivity contribution in [2.75, 3.05) is 4.90 Å². The van der Waals surface area contributed by atoms with Crippen LogP contribution in [0.3, 0.4) is 0 Å². The van der Waals surface area contributed by atoms with E-state index in [-0.39, 0.29) is 18.2 Å². The van der Waals surface area contributed by atoms with Crippen molar-refractivity contribution in [2.45, 2.75) is 64.2 Å². The maximum Gasteiger partial charge on any atom is 0.128 e. The summed E-state index contributed by atoms with van der Waals surface area (Å²) in [7, 11) is 0. The highest BCUT2D eigenvalue weighted by Crippen LogP contribution is 2.50. The lowest BCUT2D eigenvalue weighted by Gasteiger charge is -2.34. The third-order valence-corrected chi connectivity index (χ3v) is 7.11. The summed E-state index contributed by atoms with van der Waals surface area (Å²) in [6.45, 7) is 4.55. The Balaban J connectivity index is 1.60. The van der Waals surface area contributed by atoms with Gasteiger partial charge < -0.3 is 9.80 Å².